The van der Waals surface area contributed by atoms with Gasteiger partial charge in [-0.2, -0.15) is 0 Å². The number of hydrogen-bond donors (Lipinski definition) is 0. The first-order valence-corrected chi connectivity index (χ1v) is 7.60. The number of fused-ring (bicyclic) bond motifs is 1. The van der Waals surface area contributed by atoms with Crippen LogP contribution in [0.25, 0.3) is 6.08 Å². The topological polar surface area (TPSA) is 21.7 Å². The third-order valence-electron chi connectivity index (χ3n) is 3.59. The van der Waals surface area contributed by atoms with Gasteiger partial charge in [-0.1, -0.05) is 48.6 Å². The second-order valence-corrected chi connectivity index (χ2v) is 5.49. The van der Waals surface area contributed by atoms with Crippen LogP contribution in [0.3, 0.4) is 0 Å². The third kappa shape index (κ3) is 3.89. The van der Waals surface area contributed by atoms with Crippen molar-refractivity contribution in [2.45, 2.75) is 6.54 Å². The van der Waals surface area contributed by atoms with Crippen LogP contribution < -0.4 is 9.47 Å². The number of likely N-dealkylation sites (N-methyl/N-ethyl adjacent to an activating group) is 1. The van der Waals surface area contributed by atoms with E-state index in [2.05, 4.69) is 60.5 Å². The highest BCUT2D eigenvalue weighted by Gasteiger charge is 2.12. The van der Waals surface area contributed by atoms with Crippen LogP contribution in [0.5, 0.6) is 11.5 Å². The first kappa shape index (κ1) is 14.7. The zero-order valence-corrected chi connectivity index (χ0v) is 12.9. The van der Waals surface area contributed by atoms with E-state index in [1.165, 1.54) is 11.1 Å². The summed E-state index contributed by atoms with van der Waals surface area (Å²) in [7, 11) is 2.12. The van der Waals surface area contributed by atoms with Gasteiger partial charge in [-0.25, -0.2) is 0 Å². The predicted molar refractivity (Wildman–Crippen MR) is 89.2 cm³/mol. The van der Waals surface area contributed by atoms with E-state index in [1.807, 2.05) is 12.1 Å². The van der Waals surface area contributed by atoms with Crippen LogP contribution in [0, 0.1) is 0 Å². The molecule has 22 heavy (non-hydrogen) atoms. The lowest BCUT2D eigenvalue weighted by Gasteiger charge is -2.20. The highest BCUT2D eigenvalue weighted by Crippen LogP contribution is 2.30. The van der Waals surface area contributed by atoms with Crippen molar-refractivity contribution in [3.8, 4) is 11.5 Å². The van der Waals surface area contributed by atoms with Gasteiger partial charge in [0.05, 0.1) is 0 Å². The van der Waals surface area contributed by atoms with Crippen molar-refractivity contribution in [2.75, 3.05) is 26.8 Å². The first-order chi connectivity index (χ1) is 10.8. The second kappa shape index (κ2) is 7.14. The molecule has 1 aliphatic heterocycles. The molecular weight excluding hydrogens is 274 g/mol. The summed E-state index contributed by atoms with van der Waals surface area (Å²) in [5.74, 6) is 1.71. The lowest BCUT2D eigenvalue weighted by Crippen LogP contribution is -2.19. The van der Waals surface area contributed by atoms with Crippen molar-refractivity contribution >= 4 is 6.08 Å². The van der Waals surface area contributed by atoms with Gasteiger partial charge in [0, 0.05) is 13.1 Å². The lowest BCUT2D eigenvalue weighted by molar-refractivity contribution is 0.171. The van der Waals surface area contributed by atoms with Gasteiger partial charge in [0.1, 0.15) is 13.2 Å². The minimum atomic E-state index is 0.631. The average molecular weight is 295 g/mol. The lowest BCUT2D eigenvalue weighted by atomic mass is 10.2. The van der Waals surface area contributed by atoms with Crippen molar-refractivity contribution in [3.63, 3.8) is 0 Å². The molecule has 3 heteroatoms. The van der Waals surface area contributed by atoms with Gasteiger partial charge >= 0.3 is 0 Å². The van der Waals surface area contributed by atoms with Gasteiger partial charge in [0.2, 0.25) is 0 Å². The van der Waals surface area contributed by atoms with E-state index in [0.29, 0.717) is 13.2 Å². The summed E-state index contributed by atoms with van der Waals surface area (Å²) in [5, 5.41) is 0. The molecule has 0 atom stereocenters. The monoisotopic (exact) mass is 295 g/mol. The van der Waals surface area contributed by atoms with Crippen molar-refractivity contribution in [3.05, 3.63) is 65.7 Å². The van der Waals surface area contributed by atoms with E-state index in [1.54, 1.807) is 0 Å². The maximum Gasteiger partial charge on any atom is 0.161 e. The van der Waals surface area contributed by atoms with Gasteiger partial charge < -0.3 is 9.47 Å². The quantitative estimate of drug-likeness (QED) is 0.841. The van der Waals surface area contributed by atoms with Gasteiger partial charge in [0.15, 0.2) is 11.5 Å². The third-order valence-corrected chi connectivity index (χ3v) is 3.59. The Labute approximate surface area is 131 Å². The summed E-state index contributed by atoms with van der Waals surface area (Å²) >= 11 is 0. The van der Waals surface area contributed by atoms with Crippen LogP contribution >= 0.6 is 0 Å². The molecule has 0 spiro atoms. The normalized spacial score (nSPS) is 13.7. The maximum absolute atomic E-state index is 5.63. The Bertz CT molecular complexity index is 637. The van der Waals surface area contributed by atoms with E-state index in [9.17, 15) is 0 Å². The SMILES string of the molecule is CN(C/C=C/c1ccccc1)Cc1ccc2c(c1)OCCO2. The molecule has 1 aliphatic rings. The molecule has 3 rings (SSSR count). The number of hydrogen-bond acceptors (Lipinski definition) is 3. The first-order valence-electron chi connectivity index (χ1n) is 7.60. The van der Waals surface area contributed by atoms with Crippen molar-refractivity contribution in [2.24, 2.45) is 0 Å². The number of benzene rings is 2. The molecule has 0 radical (unpaired) electrons. The summed E-state index contributed by atoms with van der Waals surface area (Å²) < 4.78 is 11.2. The van der Waals surface area contributed by atoms with E-state index >= 15 is 0 Å². The molecule has 2 aromatic rings. The molecule has 0 bridgehead atoms. The fraction of sp³-hybridized carbons (Fsp3) is 0.263. The predicted octanol–water partition coefficient (Wildman–Crippen LogP) is 3.60. The largest absolute Gasteiger partial charge is 0.486 e. The smallest absolute Gasteiger partial charge is 0.161 e. The Balaban J connectivity index is 1.55. The van der Waals surface area contributed by atoms with E-state index in [4.69, 9.17) is 9.47 Å². The molecule has 0 N–H and O–H groups in total. The summed E-state index contributed by atoms with van der Waals surface area (Å²) in [6.45, 7) is 3.06. The molecular formula is C19H21NO2. The highest BCUT2D eigenvalue weighted by molar-refractivity contribution is 5.48. The fourth-order valence-corrected chi connectivity index (χ4v) is 2.50. The van der Waals surface area contributed by atoms with Crippen LogP contribution in [0.4, 0.5) is 0 Å². The average Bonchev–Trinajstić information content (AvgIpc) is 2.56. The molecule has 2 aromatic carbocycles. The Hall–Kier alpha value is -2.26. The van der Waals surface area contributed by atoms with Crippen LogP contribution in [0.2, 0.25) is 0 Å². The maximum atomic E-state index is 5.63. The molecule has 0 aliphatic carbocycles. The summed E-state index contributed by atoms with van der Waals surface area (Å²) in [6.07, 6.45) is 4.34. The molecule has 3 nitrogen and oxygen atoms in total. The molecule has 0 saturated heterocycles. The minimum absolute atomic E-state index is 0.631. The van der Waals surface area contributed by atoms with Crippen LogP contribution in [0.15, 0.2) is 54.6 Å². The standard InChI is InChI=1S/C19H21NO2/c1-20(11-5-8-16-6-3-2-4-7-16)15-17-9-10-18-19(14-17)22-13-12-21-18/h2-10,14H,11-13,15H2,1H3/b8-5+. The van der Waals surface area contributed by atoms with Gasteiger partial charge in [-0.15, -0.1) is 0 Å². The Morgan fingerprint density at radius 1 is 1.00 bits per heavy atom. The van der Waals surface area contributed by atoms with Gasteiger partial charge in [-0.3, -0.25) is 4.90 Å². The molecule has 0 unspecified atom stereocenters. The molecule has 0 fully saturated rings. The van der Waals surface area contributed by atoms with Crippen LogP contribution in [-0.2, 0) is 6.54 Å². The van der Waals surface area contributed by atoms with Crippen LogP contribution in [0.1, 0.15) is 11.1 Å². The Morgan fingerprint density at radius 2 is 1.77 bits per heavy atom. The summed E-state index contributed by atoms with van der Waals surface area (Å²) in [4.78, 5) is 2.27. The molecule has 1 heterocycles. The number of rotatable bonds is 5. The molecule has 0 aromatic heterocycles. The zero-order chi connectivity index (χ0) is 15.2. The second-order valence-electron chi connectivity index (χ2n) is 5.49. The van der Waals surface area contributed by atoms with Crippen molar-refractivity contribution in [1.82, 2.24) is 4.90 Å². The van der Waals surface area contributed by atoms with Gasteiger partial charge in [-0.05, 0) is 30.3 Å². The number of nitrogens with zero attached hydrogens (tertiary/aromatic N) is 1. The Kier molecular flexibility index (Phi) is 4.76. The highest BCUT2D eigenvalue weighted by atomic mass is 16.6. The van der Waals surface area contributed by atoms with Gasteiger partial charge in [0.25, 0.3) is 0 Å². The Morgan fingerprint density at radius 3 is 2.59 bits per heavy atom. The van der Waals surface area contributed by atoms with Crippen molar-refractivity contribution in [1.29, 1.82) is 0 Å². The molecule has 0 saturated carbocycles. The summed E-state index contributed by atoms with van der Waals surface area (Å²) in [6, 6.07) is 16.5. The number of ether oxygens (including phenoxy) is 2. The van der Waals surface area contributed by atoms with Crippen LogP contribution in [-0.4, -0.2) is 31.7 Å². The van der Waals surface area contributed by atoms with E-state index < -0.39 is 0 Å². The van der Waals surface area contributed by atoms with E-state index in [-0.39, 0.29) is 0 Å². The van der Waals surface area contributed by atoms with E-state index in [0.717, 1.165) is 24.6 Å². The molecule has 0 amide bonds. The summed E-state index contributed by atoms with van der Waals surface area (Å²) in [5.41, 5.74) is 2.47. The zero-order valence-electron chi connectivity index (χ0n) is 12.9. The fourth-order valence-electron chi connectivity index (χ4n) is 2.50. The molecule has 114 valence electrons. The van der Waals surface area contributed by atoms with Crippen molar-refractivity contribution < 1.29 is 9.47 Å². The minimum Gasteiger partial charge on any atom is -0.486 e.